The van der Waals surface area contributed by atoms with E-state index in [-0.39, 0.29) is 0 Å². The lowest BCUT2D eigenvalue weighted by molar-refractivity contribution is 0.0495. The van der Waals surface area contributed by atoms with Gasteiger partial charge in [-0.2, -0.15) is 0 Å². The van der Waals surface area contributed by atoms with E-state index in [1.807, 2.05) is 0 Å². The molecule has 2 atom stereocenters. The molecule has 2 nitrogen and oxygen atoms in total. The number of hydrogen-bond donors (Lipinski definition) is 1. The Hall–Kier alpha value is -0.340. The third kappa shape index (κ3) is 2.86. The van der Waals surface area contributed by atoms with Gasteiger partial charge in [0.2, 0.25) is 0 Å². The van der Waals surface area contributed by atoms with E-state index < -0.39 is 0 Å². The number of piperidine rings is 2. The average molecular weight is 222 g/mol. The van der Waals surface area contributed by atoms with E-state index in [1.54, 1.807) is 0 Å². The van der Waals surface area contributed by atoms with Crippen LogP contribution in [0.25, 0.3) is 0 Å². The van der Waals surface area contributed by atoms with Crippen molar-refractivity contribution in [3.8, 4) is 0 Å². The smallest absolute Gasteiger partial charge is 0.0139 e. The second-order valence-electron chi connectivity index (χ2n) is 5.76. The largest absolute Gasteiger partial charge is 0.310 e. The first-order valence-electron chi connectivity index (χ1n) is 6.75. The minimum Gasteiger partial charge on any atom is -0.310 e. The van der Waals surface area contributed by atoms with Crippen molar-refractivity contribution in [2.75, 3.05) is 13.6 Å². The molecular weight excluding hydrogens is 196 g/mol. The molecule has 1 N–H and O–H groups in total. The van der Waals surface area contributed by atoms with Crippen molar-refractivity contribution in [2.45, 2.75) is 64.1 Å². The summed E-state index contributed by atoms with van der Waals surface area (Å²) in [6.07, 6.45) is 9.27. The molecule has 2 rings (SSSR count). The van der Waals surface area contributed by atoms with Crippen LogP contribution < -0.4 is 5.32 Å². The van der Waals surface area contributed by atoms with E-state index >= 15 is 0 Å². The van der Waals surface area contributed by atoms with E-state index in [2.05, 4.69) is 37.2 Å². The summed E-state index contributed by atoms with van der Waals surface area (Å²) in [6.45, 7) is 5.40. The van der Waals surface area contributed by atoms with Crippen molar-refractivity contribution in [1.82, 2.24) is 10.2 Å². The Morgan fingerprint density at radius 2 is 1.88 bits per heavy atom. The van der Waals surface area contributed by atoms with Crippen LogP contribution in [0, 0.1) is 0 Å². The van der Waals surface area contributed by atoms with Crippen molar-refractivity contribution in [3.05, 3.63) is 11.6 Å². The van der Waals surface area contributed by atoms with Gasteiger partial charge in [0.25, 0.3) is 0 Å². The molecule has 0 spiro atoms. The van der Waals surface area contributed by atoms with Crippen LogP contribution in [0.15, 0.2) is 11.6 Å². The molecule has 0 saturated carbocycles. The molecule has 92 valence electrons. The standard InChI is InChI=1S/C14H26N2/c1-11(2)7-8-15-12-9-13-5-4-6-14(10-12)16(13)3/h7,12-15H,4-6,8-10H2,1-3H3. The molecule has 0 aromatic carbocycles. The molecule has 0 radical (unpaired) electrons. The fourth-order valence-electron chi connectivity index (χ4n) is 3.21. The molecule has 2 heterocycles. The fourth-order valence-corrected chi connectivity index (χ4v) is 3.21. The lowest BCUT2D eigenvalue weighted by Crippen LogP contribution is -2.54. The summed E-state index contributed by atoms with van der Waals surface area (Å²) >= 11 is 0. The van der Waals surface area contributed by atoms with Gasteiger partial charge in [-0.15, -0.1) is 0 Å². The van der Waals surface area contributed by atoms with Gasteiger partial charge in [0.15, 0.2) is 0 Å². The van der Waals surface area contributed by atoms with Gasteiger partial charge in [-0.05, 0) is 46.6 Å². The predicted octanol–water partition coefficient (Wildman–Crippen LogP) is 2.56. The first-order chi connectivity index (χ1) is 7.66. The van der Waals surface area contributed by atoms with Crippen molar-refractivity contribution in [3.63, 3.8) is 0 Å². The Morgan fingerprint density at radius 3 is 2.44 bits per heavy atom. The van der Waals surface area contributed by atoms with Crippen LogP contribution in [0.1, 0.15) is 46.0 Å². The quantitative estimate of drug-likeness (QED) is 0.738. The molecule has 0 aromatic heterocycles. The van der Waals surface area contributed by atoms with Gasteiger partial charge in [-0.3, -0.25) is 0 Å². The molecule has 2 aliphatic rings. The molecule has 2 fully saturated rings. The maximum atomic E-state index is 3.70. The highest BCUT2D eigenvalue weighted by Gasteiger charge is 2.35. The highest BCUT2D eigenvalue weighted by molar-refractivity contribution is 4.97. The Balaban J connectivity index is 1.83. The number of nitrogens with one attached hydrogen (secondary N) is 1. The zero-order chi connectivity index (χ0) is 11.5. The van der Waals surface area contributed by atoms with Crippen molar-refractivity contribution in [1.29, 1.82) is 0 Å². The van der Waals surface area contributed by atoms with Crippen molar-refractivity contribution in [2.24, 2.45) is 0 Å². The summed E-state index contributed by atoms with van der Waals surface area (Å²) in [5.41, 5.74) is 1.42. The number of allylic oxidation sites excluding steroid dienone is 1. The molecule has 2 heteroatoms. The van der Waals surface area contributed by atoms with E-state index in [9.17, 15) is 0 Å². The van der Waals surface area contributed by atoms with Gasteiger partial charge in [-0.25, -0.2) is 0 Å². The fraction of sp³-hybridized carbons (Fsp3) is 0.857. The summed E-state index contributed by atoms with van der Waals surface area (Å²) in [7, 11) is 2.32. The lowest BCUT2D eigenvalue weighted by Gasteiger charge is -2.47. The summed E-state index contributed by atoms with van der Waals surface area (Å²) in [5.74, 6) is 0. The molecule has 0 aliphatic carbocycles. The highest BCUT2D eigenvalue weighted by atomic mass is 15.2. The first kappa shape index (κ1) is 12.1. The third-order valence-electron chi connectivity index (χ3n) is 4.26. The zero-order valence-corrected chi connectivity index (χ0v) is 11.0. The lowest BCUT2D eigenvalue weighted by atomic mass is 9.82. The monoisotopic (exact) mass is 222 g/mol. The van der Waals surface area contributed by atoms with Crippen molar-refractivity contribution >= 4 is 0 Å². The van der Waals surface area contributed by atoms with E-state index in [0.29, 0.717) is 0 Å². The maximum Gasteiger partial charge on any atom is 0.0139 e. The van der Waals surface area contributed by atoms with Gasteiger partial charge in [-0.1, -0.05) is 18.1 Å². The second-order valence-corrected chi connectivity index (χ2v) is 5.76. The molecule has 2 bridgehead atoms. The zero-order valence-electron chi connectivity index (χ0n) is 11.0. The van der Waals surface area contributed by atoms with Gasteiger partial charge >= 0.3 is 0 Å². The van der Waals surface area contributed by atoms with E-state index in [1.165, 1.54) is 37.7 Å². The van der Waals surface area contributed by atoms with Crippen LogP contribution in [-0.2, 0) is 0 Å². The summed E-state index contributed by atoms with van der Waals surface area (Å²) in [5, 5.41) is 3.70. The average Bonchev–Trinajstić information content (AvgIpc) is 2.18. The number of rotatable bonds is 3. The summed E-state index contributed by atoms with van der Waals surface area (Å²) in [4.78, 5) is 2.63. The molecule has 0 amide bonds. The summed E-state index contributed by atoms with van der Waals surface area (Å²) in [6, 6.07) is 2.44. The Morgan fingerprint density at radius 1 is 1.25 bits per heavy atom. The van der Waals surface area contributed by atoms with Gasteiger partial charge < -0.3 is 10.2 Å². The van der Waals surface area contributed by atoms with E-state index in [0.717, 1.165) is 24.7 Å². The van der Waals surface area contributed by atoms with E-state index in [4.69, 9.17) is 0 Å². The Kier molecular flexibility index (Phi) is 4.04. The molecule has 2 unspecified atom stereocenters. The second kappa shape index (κ2) is 5.33. The minimum atomic E-state index is 0.752. The van der Waals surface area contributed by atoms with Gasteiger partial charge in [0, 0.05) is 24.7 Å². The molecular formula is C14H26N2. The molecule has 2 saturated heterocycles. The molecule has 2 aliphatic heterocycles. The summed E-state index contributed by atoms with van der Waals surface area (Å²) < 4.78 is 0. The number of hydrogen-bond acceptors (Lipinski definition) is 2. The molecule has 0 aromatic rings. The van der Waals surface area contributed by atoms with Crippen molar-refractivity contribution < 1.29 is 0 Å². The number of fused-ring (bicyclic) bond motifs is 2. The normalized spacial score (nSPS) is 34.8. The van der Waals surface area contributed by atoms with Crippen LogP contribution in [-0.4, -0.2) is 36.6 Å². The Labute approximate surface area is 100 Å². The van der Waals surface area contributed by atoms with Crippen LogP contribution >= 0.6 is 0 Å². The number of nitrogens with zero attached hydrogens (tertiary/aromatic N) is 1. The topological polar surface area (TPSA) is 15.3 Å². The maximum absolute atomic E-state index is 3.70. The molecule has 16 heavy (non-hydrogen) atoms. The van der Waals surface area contributed by atoms with Crippen LogP contribution in [0.4, 0.5) is 0 Å². The minimum absolute atomic E-state index is 0.752. The van der Waals surface area contributed by atoms with Gasteiger partial charge in [0.1, 0.15) is 0 Å². The third-order valence-corrected chi connectivity index (χ3v) is 4.26. The predicted molar refractivity (Wildman–Crippen MR) is 69.6 cm³/mol. The van der Waals surface area contributed by atoms with Crippen LogP contribution in [0.5, 0.6) is 0 Å². The van der Waals surface area contributed by atoms with Gasteiger partial charge in [0.05, 0.1) is 0 Å². The SMILES string of the molecule is CC(C)=CCNC1CC2CCCC(C1)N2C. The van der Waals surface area contributed by atoms with Crippen LogP contribution in [0.2, 0.25) is 0 Å². The first-order valence-corrected chi connectivity index (χ1v) is 6.75. The van der Waals surface area contributed by atoms with Crippen LogP contribution in [0.3, 0.4) is 0 Å². The highest BCUT2D eigenvalue weighted by Crippen LogP contribution is 2.32. The Bertz CT molecular complexity index is 241.